The van der Waals surface area contributed by atoms with Gasteiger partial charge in [0.2, 0.25) is 0 Å². The van der Waals surface area contributed by atoms with Crippen molar-refractivity contribution in [3.63, 3.8) is 0 Å². The zero-order chi connectivity index (χ0) is 14.7. The minimum Gasteiger partial charge on any atom is -0.489 e. The first-order chi connectivity index (χ1) is 9.45. The second-order valence-corrected chi connectivity index (χ2v) is 4.46. The van der Waals surface area contributed by atoms with Gasteiger partial charge in [-0.2, -0.15) is 0 Å². The zero-order valence-electron chi connectivity index (χ0n) is 10.9. The molecular weight excluding hydrogens is 262 g/mol. The molecule has 3 nitrogen and oxygen atoms in total. The highest BCUT2D eigenvalue weighted by molar-refractivity contribution is 5.95. The number of hydrogen-bond donors (Lipinski definition) is 2. The van der Waals surface area contributed by atoms with Gasteiger partial charge in [0.25, 0.3) is 0 Å². The first-order valence-electron chi connectivity index (χ1n) is 5.98. The maximum atomic E-state index is 13.4. The lowest BCUT2D eigenvalue weighted by atomic mass is 10.1. The van der Waals surface area contributed by atoms with Gasteiger partial charge in [-0.25, -0.2) is 8.78 Å². The van der Waals surface area contributed by atoms with Gasteiger partial charge >= 0.3 is 0 Å². The molecule has 5 heteroatoms. The van der Waals surface area contributed by atoms with Crippen molar-refractivity contribution in [3.8, 4) is 5.75 Å². The lowest BCUT2D eigenvalue weighted by molar-refractivity contribution is 0.303. The van der Waals surface area contributed by atoms with Crippen LogP contribution in [0.3, 0.4) is 0 Å². The van der Waals surface area contributed by atoms with Gasteiger partial charge in [0.05, 0.1) is 0 Å². The largest absolute Gasteiger partial charge is 0.489 e. The summed E-state index contributed by atoms with van der Waals surface area (Å²) in [6, 6.07) is 8.28. The van der Waals surface area contributed by atoms with Crippen molar-refractivity contribution in [1.29, 1.82) is 5.41 Å². The van der Waals surface area contributed by atoms with Crippen LogP contribution in [0, 0.1) is 24.0 Å². The van der Waals surface area contributed by atoms with E-state index >= 15 is 0 Å². The van der Waals surface area contributed by atoms with Crippen molar-refractivity contribution in [3.05, 3.63) is 64.7 Å². The van der Waals surface area contributed by atoms with Crippen LogP contribution in [0.2, 0.25) is 0 Å². The van der Waals surface area contributed by atoms with Crippen LogP contribution in [0.25, 0.3) is 0 Å². The molecule has 0 aromatic heterocycles. The lowest BCUT2D eigenvalue weighted by Crippen LogP contribution is -2.12. The molecule has 0 unspecified atom stereocenters. The fourth-order valence-electron chi connectivity index (χ4n) is 1.83. The number of nitrogens with two attached hydrogens (primary N) is 1. The third kappa shape index (κ3) is 3.32. The molecule has 3 N–H and O–H groups in total. The average Bonchev–Trinajstić information content (AvgIpc) is 2.37. The summed E-state index contributed by atoms with van der Waals surface area (Å²) in [5.41, 5.74) is 6.85. The molecule has 0 radical (unpaired) electrons. The molecule has 2 rings (SSSR count). The maximum absolute atomic E-state index is 13.4. The summed E-state index contributed by atoms with van der Waals surface area (Å²) in [5, 5.41) is 7.31. The van der Waals surface area contributed by atoms with E-state index in [2.05, 4.69) is 0 Å². The zero-order valence-corrected chi connectivity index (χ0v) is 10.9. The van der Waals surface area contributed by atoms with E-state index in [1.165, 1.54) is 30.3 Å². The maximum Gasteiger partial charge on any atom is 0.124 e. The number of halogens is 2. The highest BCUT2D eigenvalue weighted by Crippen LogP contribution is 2.20. The highest BCUT2D eigenvalue weighted by atomic mass is 19.1. The summed E-state index contributed by atoms with van der Waals surface area (Å²) in [6.07, 6.45) is 0. The van der Waals surface area contributed by atoms with Gasteiger partial charge in [-0.3, -0.25) is 5.41 Å². The van der Waals surface area contributed by atoms with Gasteiger partial charge in [0, 0.05) is 5.56 Å². The van der Waals surface area contributed by atoms with E-state index in [9.17, 15) is 8.78 Å². The van der Waals surface area contributed by atoms with Crippen molar-refractivity contribution in [2.24, 2.45) is 5.73 Å². The Bertz CT molecular complexity index is 656. The van der Waals surface area contributed by atoms with Crippen molar-refractivity contribution >= 4 is 5.84 Å². The monoisotopic (exact) mass is 276 g/mol. The standard InChI is InChI=1S/C15H14F2N2O/c1-9-4-12(16)2-3-14(9)20-8-10-5-11(15(18)19)7-13(17)6-10/h2-7H,8H2,1H3,(H3,18,19). The normalized spacial score (nSPS) is 10.3. The Labute approximate surface area is 115 Å². The first-order valence-corrected chi connectivity index (χ1v) is 5.98. The molecular formula is C15H14F2N2O. The van der Waals surface area contributed by atoms with E-state index in [-0.39, 0.29) is 18.3 Å². The van der Waals surface area contributed by atoms with Gasteiger partial charge in [0.15, 0.2) is 0 Å². The van der Waals surface area contributed by atoms with Crippen LogP contribution < -0.4 is 10.5 Å². The van der Waals surface area contributed by atoms with E-state index in [0.717, 1.165) is 0 Å². The number of hydrogen-bond acceptors (Lipinski definition) is 2. The molecule has 0 spiro atoms. The number of rotatable bonds is 4. The molecule has 0 bridgehead atoms. The molecule has 0 aliphatic rings. The summed E-state index contributed by atoms with van der Waals surface area (Å²) in [6.45, 7) is 1.84. The molecule has 0 aliphatic carbocycles. The van der Waals surface area contributed by atoms with Crippen LogP contribution in [0.4, 0.5) is 8.78 Å². The van der Waals surface area contributed by atoms with Gasteiger partial charge in [0.1, 0.15) is 29.8 Å². The number of ether oxygens (including phenoxy) is 1. The number of nitrogens with one attached hydrogen (secondary N) is 1. The second kappa shape index (κ2) is 5.69. The minimum absolute atomic E-state index is 0.116. The van der Waals surface area contributed by atoms with Crippen molar-refractivity contribution in [2.75, 3.05) is 0 Å². The quantitative estimate of drug-likeness (QED) is 0.665. The lowest BCUT2D eigenvalue weighted by Gasteiger charge is -2.10. The smallest absolute Gasteiger partial charge is 0.124 e. The molecule has 2 aromatic rings. The number of amidine groups is 1. The van der Waals surface area contributed by atoms with Crippen LogP contribution in [0.1, 0.15) is 16.7 Å². The minimum atomic E-state index is -0.480. The van der Waals surface area contributed by atoms with Crippen LogP contribution in [-0.4, -0.2) is 5.84 Å². The first kappa shape index (κ1) is 14.0. The number of nitrogen functional groups attached to an aromatic ring is 1. The molecule has 0 fully saturated rings. The molecule has 0 atom stereocenters. The Hall–Kier alpha value is -2.43. The molecule has 0 heterocycles. The molecule has 2 aromatic carbocycles. The number of aryl methyl sites for hydroxylation is 1. The predicted octanol–water partition coefficient (Wildman–Crippen LogP) is 3.14. The molecule has 0 saturated carbocycles. The Kier molecular flexibility index (Phi) is 3.98. The second-order valence-electron chi connectivity index (χ2n) is 4.46. The van der Waals surface area contributed by atoms with Gasteiger partial charge in [-0.1, -0.05) is 0 Å². The van der Waals surface area contributed by atoms with Crippen molar-refractivity contribution < 1.29 is 13.5 Å². The van der Waals surface area contributed by atoms with Gasteiger partial charge in [-0.05, 0) is 54.4 Å². The Morgan fingerprint density at radius 2 is 1.90 bits per heavy atom. The average molecular weight is 276 g/mol. The highest BCUT2D eigenvalue weighted by Gasteiger charge is 2.06. The molecule has 0 amide bonds. The van der Waals surface area contributed by atoms with Crippen LogP contribution >= 0.6 is 0 Å². The predicted molar refractivity (Wildman–Crippen MR) is 72.9 cm³/mol. The fourth-order valence-corrected chi connectivity index (χ4v) is 1.83. The topological polar surface area (TPSA) is 59.1 Å². The van der Waals surface area contributed by atoms with E-state index in [4.69, 9.17) is 15.9 Å². The third-order valence-corrected chi connectivity index (χ3v) is 2.80. The summed E-state index contributed by atoms with van der Waals surface area (Å²) in [7, 11) is 0. The van der Waals surface area contributed by atoms with Crippen LogP contribution in [0.5, 0.6) is 5.75 Å². The molecule has 0 aliphatic heterocycles. The van der Waals surface area contributed by atoms with Crippen LogP contribution in [-0.2, 0) is 6.61 Å². The molecule has 0 saturated heterocycles. The van der Waals surface area contributed by atoms with Crippen LogP contribution in [0.15, 0.2) is 36.4 Å². The van der Waals surface area contributed by atoms with Gasteiger partial charge in [-0.15, -0.1) is 0 Å². The van der Waals surface area contributed by atoms with E-state index < -0.39 is 5.82 Å². The summed E-state index contributed by atoms with van der Waals surface area (Å²) < 4.78 is 31.9. The summed E-state index contributed by atoms with van der Waals surface area (Å²) in [4.78, 5) is 0. The van der Waals surface area contributed by atoms with E-state index in [1.54, 1.807) is 13.0 Å². The Morgan fingerprint density at radius 1 is 1.15 bits per heavy atom. The van der Waals surface area contributed by atoms with Crippen molar-refractivity contribution in [2.45, 2.75) is 13.5 Å². The fraction of sp³-hybridized carbons (Fsp3) is 0.133. The Morgan fingerprint density at radius 3 is 2.55 bits per heavy atom. The third-order valence-electron chi connectivity index (χ3n) is 2.80. The van der Waals surface area contributed by atoms with Crippen molar-refractivity contribution in [1.82, 2.24) is 0 Å². The molecule has 104 valence electrons. The summed E-state index contributed by atoms with van der Waals surface area (Å²) >= 11 is 0. The summed E-state index contributed by atoms with van der Waals surface area (Å²) in [5.74, 6) is -0.490. The Balaban J connectivity index is 2.16. The van der Waals surface area contributed by atoms with E-state index in [0.29, 0.717) is 22.4 Å². The SMILES string of the molecule is Cc1cc(F)ccc1OCc1cc(F)cc(C(=N)N)c1. The van der Waals surface area contributed by atoms with E-state index in [1.807, 2.05) is 0 Å². The number of benzene rings is 2. The molecule has 20 heavy (non-hydrogen) atoms. The van der Waals surface area contributed by atoms with Gasteiger partial charge < -0.3 is 10.5 Å².